The molecule has 0 radical (unpaired) electrons. The van der Waals surface area contributed by atoms with E-state index in [0.717, 1.165) is 6.42 Å². The molecule has 1 aromatic carbocycles. The Morgan fingerprint density at radius 2 is 1.77 bits per heavy atom. The van der Waals surface area contributed by atoms with Gasteiger partial charge in [0.05, 0.1) is 11.4 Å². The van der Waals surface area contributed by atoms with Crippen LogP contribution in [0.15, 0.2) is 35.9 Å². The van der Waals surface area contributed by atoms with Gasteiger partial charge in [0.2, 0.25) is 0 Å². The molecule has 1 aliphatic carbocycles. The van der Waals surface area contributed by atoms with Crippen molar-refractivity contribution in [1.82, 2.24) is 5.32 Å². The summed E-state index contributed by atoms with van der Waals surface area (Å²) in [7, 11) is 0. The molecular formula is C18H21N3O. The molecule has 2 rings (SSSR count). The number of hydrogen-bond donors (Lipinski definition) is 3. The Bertz CT molecular complexity index is 711. The maximum Gasteiger partial charge on any atom is 0.251 e. The average molecular weight is 295 g/mol. The highest BCUT2D eigenvalue weighted by atomic mass is 16.1. The summed E-state index contributed by atoms with van der Waals surface area (Å²) in [6.45, 7) is 6.88. The van der Waals surface area contributed by atoms with Crippen molar-refractivity contribution in [2.75, 3.05) is 6.54 Å². The number of carbonyl (C=O) groups excluding carboxylic acids is 1. The van der Waals surface area contributed by atoms with Crippen LogP contribution in [0.3, 0.4) is 0 Å². The van der Waals surface area contributed by atoms with Gasteiger partial charge in [-0.05, 0) is 67.7 Å². The van der Waals surface area contributed by atoms with Gasteiger partial charge in [0.15, 0.2) is 0 Å². The fourth-order valence-electron chi connectivity index (χ4n) is 2.38. The van der Waals surface area contributed by atoms with E-state index in [2.05, 4.69) is 38.2 Å². The summed E-state index contributed by atoms with van der Waals surface area (Å²) >= 11 is 0. The molecule has 0 aromatic heterocycles. The first-order valence-electron chi connectivity index (χ1n) is 7.31. The van der Waals surface area contributed by atoms with E-state index in [1.165, 1.54) is 34.4 Å². The predicted octanol–water partition coefficient (Wildman–Crippen LogP) is 2.81. The van der Waals surface area contributed by atoms with Gasteiger partial charge in [0.25, 0.3) is 5.91 Å². The molecule has 0 saturated heterocycles. The maximum absolute atomic E-state index is 12.0. The average Bonchev–Trinajstić information content (AvgIpc) is 2.50. The lowest BCUT2D eigenvalue weighted by molar-refractivity contribution is -0.117. The molecule has 4 heteroatoms. The van der Waals surface area contributed by atoms with Crippen LogP contribution in [-0.4, -0.2) is 23.9 Å². The van der Waals surface area contributed by atoms with Crippen LogP contribution in [0.5, 0.6) is 0 Å². The van der Waals surface area contributed by atoms with Crippen molar-refractivity contribution in [2.24, 2.45) is 0 Å². The highest BCUT2D eigenvalue weighted by molar-refractivity contribution is 6.49. The van der Waals surface area contributed by atoms with Gasteiger partial charge in [-0.25, -0.2) is 0 Å². The minimum absolute atomic E-state index is 0.0673. The Morgan fingerprint density at radius 3 is 2.45 bits per heavy atom. The molecule has 114 valence electrons. The van der Waals surface area contributed by atoms with Gasteiger partial charge in [-0.15, -0.1) is 0 Å². The Balaban J connectivity index is 1.95. The van der Waals surface area contributed by atoms with E-state index in [9.17, 15) is 4.79 Å². The van der Waals surface area contributed by atoms with Crippen molar-refractivity contribution in [3.8, 4) is 0 Å². The molecule has 0 aliphatic heterocycles. The van der Waals surface area contributed by atoms with Crippen LogP contribution in [-0.2, 0) is 11.2 Å². The lowest BCUT2D eigenvalue weighted by Crippen LogP contribution is -2.28. The first kappa shape index (κ1) is 15.9. The molecule has 0 saturated carbocycles. The first-order valence-corrected chi connectivity index (χ1v) is 7.31. The number of hydrogen-bond acceptors (Lipinski definition) is 3. The second-order valence-corrected chi connectivity index (χ2v) is 5.56. The van der Waals surface area contributed by atoms with Crippen LogP contribution >= 0.6 is 0 Å². The van der Waals surface area contributed by atoms with E-state index in [1.54, 1.807) is 6.08 Å². The van der Waals surface area contributed by atoms with Crippen LogP contribution in [0, 0.1) is 31.6 Å². The van der Waals surface area contributed by atoms with Crippen LogP contribution < -0.4 is 5.32 Å². The molecule has 22 heavy (non-hydrogen) atoms. The minimum atomic E-state index is -0.199. The molecule has 0 unspecified atom stereocenters. The molecule has 1 amide bonds. The third-order valence-electron chi connectivity index (χ3n) is 4.13. The summed E-state index contributed by atoms with van der Waals surface area (Å²) in [5.41, 5.74) is 5.72. The van der Waals surface area contributed by atoms with Crippen LogP contribution in [0.4, 0.5) is 0 Å². The predicted molar refractivity (Wildman–Crippen MR) is 90.0 cm³/mol. The van der Waals surface area contributed by atoms with Crippen molar-refractivity contribution >= 4 is 17.3 Å². The molecule has 0 atom stereocenters. The Labute approximate surface area is 131 Å². The van der Waals surface area contributed by atoms with Crippen molar-refractivity contribution < 1.29 is 4.79 Å². The lowest BCUT2D eigenvalue weighted by atomic mass is 9.97. The van der Waals surface area contributed by atoms with Gasteiger partial charge in [-0.3, -0.25) is 15.6 Å². The summed E-state index contributed by atoms with van der Waals surface area (Å²) < 4.78 is 0. The summed E-state index contributed by atoms with van der Waals surface area (Å²) in [6.07, 6.45) is 5.27. The number of aryl methyl sites for hydroxylation is 1. The molecular weight excluding hydrogens is 274 g/mol. The zero-order valence-corrected chi connectivity index (χ0v) is 13.2. The van der Waals surface area contributed by atoms with Gasteiger partial charge in [0.1, 0.15) is 0 Å². The van der Waals surface area contributed by atoms with Crippen LogP contribution in [0.2, 0.25) is 0 Å². The largest absolute Gasteiger partial charge is 0.352 e. The Kier molecular flexibility index (Phi) is 4.71. The molecule has 0 heterocycles. The summed E-state index contributed by atoms with van der Waals surface area (Å²) in [5.74, 6) is -0.199. The quantitative estimate of drug-likeness (QED) is 0.734. The zero-order valence-electron chi connectivity index (χ0n) is 13.2. The Morgan fingerprint density at radius 1 is 1.05 bits per heavy atom. The fourth-order valence-corrected chi connectivity index (χ4v) is 2.38. The first-order chi connectivity index (χ1) is 10.4. The van der Waals surface area contributed by atoms with Gasteiger partial charge < -0.3 is 5.32 Å². The topological polar surface area (TPSA) is 76.8 Å². The van der Waals surface area contributed by atoms with Crippen LogP contribution in [0.25, 0.3) is 0 Å². The van der Waals surface area contributed by atoms with E-state index in [-0.39, 0.29) is 17.3 Å². The van der Waals surface area contributed by atoms with Crippen molar-refractivity contribution in [3.05, 3.63) is 58.2 Å². The molecule has 1 aromatic rings. The number of nitrogens with one attached hydrogen (secondary N) is 3. The monoisotopic (exact) mass is 295 g/mol. The van der Waals surface area contributed by atoms with E-state index < -0.39 is 0 Å². The summed E-state index contributed by atoms with van der Waals surface area (Å²) in [6, 6.07) is 4.22. The van der Waals surface area contributed by atoms with Gasteiger partial charge in [0, 0.05) is 12.1 Å². The third kappa shape index (κ3) is 3.39. The Hall–Kier alpha value is -2.49. The third-order valence-corrected chi connectivity index (χ3v) is 4.13. The van der Waals surface area contributed by atoms with E-state index >= 15 is 0 Å². The maximum atomic E-state index is 12.0. The number of rotatable bonds is 4. The summed E-state index contributed by atoms with van der Waals surface area (Å²) in [4.78, 5) is 12.0. The SMILES string of the molecule is Cc1ccc(CCNC(=O)C2=CC(=N)C(=N)C=C2)c(C)c1C. The van der Waals surface area contributed by atoms with Crippen molar-refractivity contribution in [2.45, 2.75) is 27.2 Å². The van der Waals surface area contributed by atoms with E-state index in [4.69, 9.17) is 10.8 Å². The lowest BCUT2D eigenvalue weighted by Gasteiger charge is -2.13. The number of benzene rings is 1. The van der Waals surface area contributed by atoms with E-state index in [0.29, 0.717) is 12.1 Å². The van der Waals surface area contributed by atoms with Gasteiger partial charge in [-0.2, -0.15) is 0 Å². The fraction of sp³-hybridized carbons (Fsp3) is 0.278. The minimum Gasteiger partial charge on any atom is -0.352 e. The number of amides is 1. The molecule has 0 bridgehead atoms. The van der Waals surface area contributed by atoms with E-state index in [1.807, 2.05) is 0 Å². The smallest absolute Gasteiger partial charge is 0.251 e. The van der Waals surface area contributed by atoms with Gasteiger partial charge in [-0.1, -0.05) is 12.1 Å². The normalized spacial score (nSPS) is 14.0. The molecule has 1 aliphatic rings. The number of carbonyl (C=O) groups is 1. The molecule has 3 N–H and O–H groups in total. The molecule has 0 fully saturated rings. The second kappa shape index (κ2) is 6.52. The number of allylic oxidation sites excluding steroid dienone is 2. The molecule has 4 nitrogen and oxygen atoms in total. The summed E-state index contributed by atoms with van der Waals surface area (Å²) in [5, 5.41) is 17.9. The second-order valence-electron chi connectivity index (χ2n) is 5.56. The standard InChI is InChI=1S/C18H21N3O/c1-11-4-5-14(13(3)12(11)2)8-9-21-18(22)15-6-7-16(19)17(20)10-15/h4-7,10,19-20H,8-9H2,1-3H3,(H,21,22). The highest BCUT2D eigenvalue weighted by Gasteiger charge is 2.13. The van der Waals surface area contributed by atoms with Crippen molar-refractivity contribution in [1.29, 1.82) is 10.8 Å². The van der Waals surface area contributed by atoms with Crippen LogP contribution in [0.1, 0.15) is 22.3 Å². The zero-order chi connectivity index (χ0) is 16.3. The highest BCUT2D eigenvalue weighted by Crippen LogP contribution is 2.17. The van der Waals surface area contributed by atoms with Gasteiger partial charge >= 0.3 is 0 Å². The molecule has 0 spiro atoms. The van der Waals surface area contributed by atoms with Crippen molar-refractivity contribution in [3.63, 3.8) is 0 Å².